The summed E-state index contributed by atoms with van der Waals surface area (Å²) < 4.78 is 0. The summed E-state index contributed by atoms with van der Waals surface area (Å²) in [6.45, 7) is 2.76. The molecule has 4 aliphatic rings. The third-order valence-electron chi connectivity index (χ3n) is 7.85. The molecule has 170 valence electrons. The minimum absolute atomic E-state index is 0.122. The first-order valence-corrected chi connectivity index (χ1v) is 11.8. The molecule has 0 bridgehead atoms. The molecule has 3 N–H and O–H groups in total. The maximum absolute atomic E-state index is 13.2. The SMILES string of the molecule is O=C1CCC(N2C(=O)c3cccc(CNC4CCC5(CCNCC5)CC4)c3C2=O)C(=O)N1. The summed E-state index contributed by atoms with van der Waals surface area (Å²) >= 11 is 0. The molecule has 8 nitrogen and oxygen atoms in total. The van der Waals surface area contributed by atoms with Crippen LogP contribution in [-0.2, 0) is 16.1 Å². The second-order valence-electron chi connectivity index (χ2n) is 9.69. The number of benzene rings is 1. The zero-order valence-electron chi connectivity index (χ0n) is 18.2. The van der Waals surface area contributed by atoms with Gasteiger partial charge in [0, 0.05) is 19.0 Å². The number of imide groups is 2. The van der Waals surface area contributed by atoms with Crippen molar-refractivity contribution in [3.8, 4) is 0 Å². The van der Waals surface area contributed by atoms with Gasteiger partial charge in [0.25, 0.3) is 11.8 Å². The highest BCUT2D eigenvalue weighted by Crippen LogP contribution is 2.43. The second-order valence-corrected chi connectivity index (χ2v) is 9.69. The van der Waals surface area contributed by atoms with E-state index in [2.05, 4.69) is 16.0 Å². The van der Waals surface area contributed by atoms with Crippen LogP contribution in [0.5, 0.6) is 0 Å². The minimum Gasteiger partial charge on any atom is -0.317 e. The van der Waals surface area contributed by atoms with Crippen molar-refractivity contribution in [3.63, 3.8) is 0 Å². The van der Waals surface area contributed by atoms with E-state index < -0.39 is 23.8 Å². The van der Waals surface area contributed by atoms with Crippen LogP contribution in [0.15, 0.2) is 18.2 Å². The van der Waals surface area contributed by atoms with Crippen LogP contribution in [0.3, 0.4) is 0 Å². The molecule has 0 aromatic heterocycles. The van der Waals surface area contributed by atoms with E-state index in [1.165, 1.54) is 25.7 Å². The molecule has 1 aromatic rings. The van der Waals surface area contributed by atoms with Crippen molar-refractivity contribution in [1.82, 2.24) is 20.9 Å². The Morgan fingerprint density at radius 1 is 0.969 bits per heavy atom. The first-order valence-electron chi connectivity index (χ1n) is 11.8. The fourth-order valence-electron chi connectivity index (χ4n) is 5.88. The number of carbonyl (C=O) groups excluding carboxylic acids is 4. The highest BCUT2D eigenvalue weighted by Gasteiger charge is 2.45. The third kappa shape index (κ3) is 3.75. The molecule has 5 rings (SSSR count). The van der Waals surface area contributed by atoms with Gasteiger partial charge < -0.3 is 10.6 Å². The molecule has 3 aliphatic heterocycles. The molecule has 32 heavy (non-hydrogen) atoms. The van der Waals surface area contributed by atoms with Crippen LogP contribution >= 0.6 is 0 Å². The number of nitrogens with zero attached hydrogens (tertiary/aromatic N) is 1. The Kier molecular flexibility index (Phi) is 5.59. The fraction of sp³-hybridized carbons (Fsp3) is 0.583. The van der Waals surface area contributed by atoms with Gasteiger partial charge in [-0.05, 0) is 75.1 Å². The van der Waals surface area contributed by atoms with Crippen molar-refractivity contribution in [3.05, 3.63) is 34.9 Å². The predicted molar refractivity (Wildman–Crippen MR) is 117 cm³/mol. The van der Waals surface area contributed by atoms with Gasteiger partial charge in [0.2, 0.25) is 11.8 Å². The number of carbonyl (C=O) groups is 4. The lowest BCUT2D eigenvalue weighted by molar-refractivity contribution is -0.136. The van der Waals surface area contributed by atoms with Gasteiger partial charge in [-0.15, -0.1) is 0 Å². The number of piperidine rings is 2. The van der Waals surface area contributed by atoms with Crippen molar-refractivity contribution in [1.29, 1.82) is 0 Å². The molecule has 2 saturated heterocycles. The Bertz CT molecular complexity index is 959. The highest BCUT2D eigenvalue weighted by atomic mass is 16.2. The van der Waals surface area contributed by atoms with Crippen LogP contribution < -0.4 is 16.0 Å². The number of hydrogen-bond donors (Lipinski definition) is 3. The summed E-state index contributed by atoms with van der Waals surface area (Å²) in [5.41, 5.74) is 2.02. The molecule has 1 atom stereocenters. The smallest absolute Gasteiger partial charge is 0.262 e. The van der Waals surface area contributed by atoms with Gasteiger partial charge >= 0.3 is 0 Å². The highest BCUT2D eigenvalue weighted by molar-refractivity contribution is 6.24. The van der Waals surface area contributed by atoms with Crippen LogP contribution in [0, 0.1) is 5.41 Å². The molecular formula is C24H30N4O4. The van der Waals surface area contributed by atoms with Crippen molar-refractivity contribution in [2.75, 3.05) is 13.1 Å². The predicted octanol–water partition coefficient (Wildman–Crippen LogP) is 1.49. The van der Waals surface area contributed by atoms with Crippen LogP contribution in [-0.4, -0.2) is 53.7 Å². The average molecular weight is 439 g/mol. The fourth-order valence-corrected chi connectivity index (χ4v) is 5.88. The molecule has 1 saturated carbocycles. The molecule has 1 unspecified atom stereocenters. The summed E-state index contributed by atoms with van der Waals surface area (Å²) in [6, 6.07) is 4.79. The lowest BCUT2D eigenvalue weighted by Crippen LogP contribution is -2.54. The van der Waals surface area contributed by atoms with Crippen molar-refractivity contribution in [2.45, 2.75) is 70.0 Å². The largest absolute Gasteiger partial charge is 0.317 e. The monoisotopic (exact) mass is 438 g/mol. The topological polar surface area (TPSA) is 108 Å². The van der Waals surface area contributed by atoms with Gasteiger partial charge in [0.15, 0.2) is 0 Å². The summed E-state index contributed by atoms with van der Waals surface area (Å²) in [5.74, 6) is -1.84. The van der Waals surface area contributed by atoms with E-state index in [1.54, 1.807) is 12.1 Å². The molecule has 1 aromatic carbocycles. The zero-order chi connectivity index (χ0) is 22.3. The van der Waals surface area contributed by atoms with Crippen LogP contribution in [0.25, 0.3) is 0 Å². The molecule has 3 heterocycles. The van der Waals surface area contributed by atoms with Crippen LogP contribution in [0.2, 0.25) is 0 Å². The van der Waals surface area contributed by atoms with Crippen molar-refractivity contribution >= 4 is 23.6 Å². The Morgan fingerprint density at radius 3 is 2.44 bits per heavy atom. The first-order chi connectivity index (χ1) is 15.5. The van der Waals surface area contributed by atoms with Crippen LogP contribution in [0.1, 0.15) is 77.6 Å². The first kappa shape index (κ1) is 21.3. The van der Waals surface area contributed by atoms with Gasteiger partial charge in [-0.2, -0.15) is 0 Å². The summed E-state index contributed by atoms with van der Waals surface area (Å²) in [4.78, 5) is 51.0. The normalized spacial score (nSPS) is 25.9. The standard InChI is InChI=1S/C24H30N4O4/c29-19-5-4-18(21(30)27-19)28-22(31)17-3-1-2-15(20(17)23(28)32)14-26-16-6-8-24(9-7-16)10-12-25-13-11-24/h1-3,16,18,25-26H,4-14H2,(H,27,29,30). The van der Waals surface area contributed by atoms with E-state index in [1.807, 2.05) is 6.07 Å². The second kappa shape index (κ2) is 8.41. The molecule has 3 fully saturated rings. The third-order valence-corrected chi connectivity index (χ3v) is 7.85. The number of amides is 4. The summed E-state index contributed by atoms with van der Waals surface area (Å²) in [7, 11) is 0. The van der Waals surface area contributed by atoms with Gasteiger partial charge in [-0.3, -0.25) is 29.4 Å². The zero-order valence-corrected chi connectivity index (χ0v) is 18.2. The van der Waals surface area contributed by atoms with Crippen molar-refractivity contribution < 1.29 is 19.2 Å². The Balaban J connectivity index is 1.26. The Hall–Kier alpha value is -2.58. The minimum atomic E-state index is -0.930. The van der Waals surface area contributed by atoms with Crippen LogP contribution in [0.4, 0.5) is 0 Å². The number of nitrogens with one attached hydrogen (secondary N) is 3. The number of hydrogen-bond acceptors (Lipinski definition) is 6. The summed E-state index contributed by atoms with van der Waals surface area (Å²) in [6.07, 6.45) is 7.55. The van der Waals surface area contributed by atoms with Gasteiger partial charge in [-0.25, -0.2) is 0 Å². The molecule has 4 amide bonds. The average Bonchev–Trinajstić information content (AvgIpc) is 3.05. The maximum Gasteiger partial charge on any atom is 0.262 e. The lowest BCUT2D eigenvalue weighted by Gasteiger charge is -2.43. The van der Waals surface area contributed by atoms with Gasteiger partial charge in [0.05, 0.1) is 11.1 Å². The molecule has 0 radical (unpaired) electrons. The quantitative estimate of drug-likeness (QED) is 0.615. The van der Waals surface area contributed by atoms with Gasteiger partial charge in [-0.1, -0.05) is 12.1 Å². The van der Waals surface area contributed by atoms with E-state index in [0.29, 0.717) is 29.1 Å². The van der Waals surface area contributed by atoms with Gasteiger partial charge in [0.1, 0.15) is 6.04 Å². The van der Waals surface area contributed by atoms with E-state index in [9.17, 15) is 19.2 Å². The van der Waals surface area contributed by atoms with E-state index >= 15 is 0 Å². The van der Waals surface area contributed by atoms with E-state index in [0.717, 1.165) is 36.4 Å². The number of fused-ring (bicyclic) bond motifs is 1. The Labute approximate surface area is 187 Å². The van der Waals surface area contributed by atoms with E-state index in [4.69, 9.17) is 0 Å². The molecule has 1 aliphatic carbocycles. The van der Waals surface area contributed by atoms with Crippen molar-refractivity contribution in [2.24, 2.45) is 5.41 Å². The lowest BCUT2D eigenvalue weighted by atomic mass is 9.67. The Morgan fingerprint density at radius 2 is 1.72 bits per heavy atom. The molecular weight excluding hydrogens is 408 g/mol. The number of rotatable bonds is 4. The molecule has 8 heteroatoms. The maximum atomic E-state index is 13.2. The summed E-state index contributed by atoms with van der Waals surface area (Å²) in [5, 5.41) is 9.31. The van der Waals surface area contributed by atoms with E-state index in [-0.39, 0.29) is 18.7 Å². The molecule has 1 spiro atoms.